The van der Waals surface area contributed by atoms with Gasteiger partial charge in [-0.1, -0.05) is 0 Å². The van der Waals surface area contributed by atoms with E-state index in [1.807, 2.05) is 17.7 Å². The van der Waals surface area contributed by atoms with Crippen LogP contribution in [0.2, 0.25) is 0 Å². The van der Waals surface area contributed by atoms with Crippen molar-refractivity contribution in [2.45, 2.75) is 24.8 Å². The number of nitrogens with one attached hydrogen (secondary N) is 2. The minimum atomic E-state index is -3.50. The zero-order valence-corrected chi connectivity index (χ0v) is 12.7. The smallest absolute Gasteiger partial charge is 0.242 e. The van der Waals surface area contributed by atoms with Gasteiger partial charge in [-0.3, -0.25) is 0 Å². The molecule has 21 heavy (non-hydrogen) atoms. The number of hydrogen-bond donors (Lipinski definition) is 2. The van der Waals surface area contributed by atoms with E-state index in [1.165, 1.54) is 6.20 Å². The molecular formula is C13H19N5O2S. The Morgan fingerprint density at radius 1 is 1.33 bits per heavy atom. The van der Waals surface area contributed by atoms with Crippen LogP contribution in [0.15, 0.2) is 41.9 Å². The van der Waals surface area contributed by atoms with Crippen LogP contribution in [0.4, 0.5) is 5.82 Å². The van der Waals surface area contributed by atoms with Gasteiger partial charge in [0, 0.05) is 38.2 Å². The van der Waals surface area contributed by atoms with Crippen molar-refractivity contribution in [3.63, 3.8) is 0 Å². The van der Waals surface area contributed by atoms with Crippen LogP contribution in [0.1, 0.15) is 13.3 Å². The highest BCUT2D eigenvalue weighted by atomic mass is 32.2. The fourth-order valence-electron chi connectivity index (χ4n) is 1.80. The van der Waals surface area contributed by atoms with Gasteiger partial charge in [0.25, 0.3) is 0 Å². The molecule has 7 nitrogen and oxygen atoms in total. The molecule has 0 saturated heterocycles. The van der Waals surface area contributed by atoms with Gasteiger partial charge in [0.15, 0.2) is 0 Å². The molecule has 0 aliphatic heterocycles. The van der Waals surface area contributed by atoms with Gasteiger partial charge in [-0.05, 0) is 25.5 Å². The second-order valence-electron chi connectivity index (χ2n) is 4.46. The Labute approximate surface area is 124 Å². The molecule has 8 heteroatoms. The third kappa shape index (κ3) is 4.54. The van der Waals surface area contributed by atoms with Gasteiger partial charge in [-0.2, -0.15) is 0 Å². The topological polar surface area (TPSA) is 88.9 Å². The predicted octanol–water partition coefficient (Wildman–Crippen LogP) is 1.08. The lowest BCUT2D eigenvalue weighted by atomic mass is 10.4. The molecule has 0 aromatic carbocycles. The van der Waals surface area contributed by atoms with E-state index >= 15 is 0 Å². The maximum atomic E-state index is 12.1. The molecule has 114 valence electrons. The van der Waals surface area contributed by atoms with Crippen LogP contribution < -0.4 is 10.0 Å². The van der Waals surface area contributed by atoms with Gasteiger partial charge >= 0.3 is 0 Å². The normalized spacial score (nSPS) is 11.5. The summed E-state index contributed by atoms with van der Waals surface area (Å²) >= 11 is 0. The summed E-state index contributed by atoms with van der Waals surface area (Å²) in [5.41, 5.74) is 0. The van der Waals surface area contributed by atoms with Gasteiger partial charge < -0.3 is 9.88 Å². The maximum absolute atomic E-state index is 12.1. The first-order chi connectivity index (χ1) is 10.1. The Kier molecular flexibility index (Phi) is 5.29. The van der Waals surface area contributed by atoms with E-state index in [4.69, 9.17) is 0 Å². The molecule has 0 aliphatic carbocycles. The number of anilines is 1. The minimum Gasteiger partial charge on any atom is -0.370 e. The number of aryl methyl sites for hydroxylation is 1. The van der Waals surface area contributed by atoms with Crippen molar-refractivity contribution < 1.29 is 8.42 Å². The lowest BCUT2D eigenvalue weighted by molar-refractivity contribution is 0.569. The molecule has 2 N–H and O–H groups in total. The van der Waals surface area contributed by atoms with Crippen molar-refractivity contribution in [1.82, 2.24) is 19.3 Å². The first-order valence-electron chi connectivity index (χ1n) is 6.77. The molecule has 2 aromatic heterocycles. The van der Waals surface area contributed by atoms with E-state index in [-0.39, 0.29) is 4.90 Å². The number of pyridine rings is 1. The van der Waals surface area contributed by atoms with Crippen LogP contribution in [0.3, 0.4) is 0 Å². The van der Waals surface area contributed by atoms with Gasteiger partial charge in [0.2, 0.25) is 10.0 Å². The predicted molar refractivity (Wildman–Crippen MR) is 80.4 cm³/mol. The molecule has 0 radical (unpaired) electrons. The molecule has 0 bridgehead atoms. The Hall–Kier alpha value is -1.93. The lowest BCUT2D eigenvalue weighted by Gasteiger charge is -2.08. The number of hydrogen-bond acceptors (Lipinski definition) is 5. The van der Waals surface area contributed by atoms with Crippen LogP contribution >= 0.6 is 0 Å². The molecule has 0 aliphatic rings. The fourth-order valence-corrected chi connectivity index (χ4v) is 2.81. The first-order valence-corrected chi connectivity index (χ1v) is 8.25. The molecule has 2 rings (SSSR count). The van der Waals surface area contributed by atoms with Crippen LogP contribution in [-0.4, -0.2) is 36.0 Å². The second kappa shape index (κ2) is 7.19. The number of nitrogens with zero attached hydrogens (tertiary/aromatic N) is 3. The molecule has 0 unspecified atom stereocenters. The molecular weight excluding hydrogens is 290 g/mol. The van der Waals surface area contributed by atoms with Gasteiger partial charge in [-0.15, -0.1) is 0 Å². The zero-order valence-electron chi connectivity index (χ0n) is 11.9. The number of imidazole rings is 1. The largest absolute Gasteiger partial charge is 0.370 e. The van der Waals surface area contributed by atoms with Crippen molar-refractivity contribution in [2.75, 3.05) is 18.4 Å². The standard InChI is InChI=1S/C13H19N5O2S/c1-2-15-13-5-4-12(10-16-13)21(19,20)17-6-3-8-18-9-7-14-11-18/h4-5,7,9-11,17H,2-3,6,8H2,1H3,(H,15,16). The van der Waals surface area contributed by atoms with Crippen molar-refractivity contribution in [3.05, 3.63) is 37.1 Å². The van der Waals surface area contributed by atoms with E-state index in [1.54, 1.807) is 24.7 Å². The number of aromatic nitrogens is 3. The Balaban J connectivity index is 1.85. The minimum absolute atomic E-state index is 0.173. The van der Waals surface area contributed by atoms with Crippen LogP contribution in [0.25, 0.3) is 0 Å². The van der Waals surface area contributed by atoms with Gasteiger partial charge in [0.05, 0.1) is 6.33 Å². The SMILES string of the molecule is CCNc1ccc(S(=O)(=O)NCCCn2ccnc2)cn1. The lowest BCUT2D eigenvalue weighted by Crippen LogP contribution is -2.25. The summed E-state index contributed by atoms with van der Waals surface area (Å²) in [5.74, 6) is 0.663. The Bertz CT molecular complexity index is 638. The van der Waals surface area contributed by atoms with Gasteiger partial charge in [-0.25, -0.2) is 23.1 Å². The first kappa shape index (κ1) is 15.5. The monoisotopic (exact) mass is 309 g/mol. The van der Waals surface area contributed by atoms with Crippen molar-refractivity contribution in [1.29, 1.82) is 0 Å². The van der Waals surface area contributed by atoms with E-state index in [0.29, 0.717) is 18.8 Å². The van der Waals surface area contributed by atoms with Crippen molar-refractivity contribution >= 4 is 15.8 Å². The number of rotatable bonds is 8. The van der Waals surface area contributed by atoms with Crippen LogP contribution in [0, 0.1) is 0 Å². The second-order valence-corrected chi connectivity index (χ2v) is 6.23. The Morgan fingerprint density at radius 2 is 2.19 bits per heavy atom. The van der Waals surface area contributed by atoms with Crippen molar-refractivity contribution in [3.8, 4) is 0 Å². The van der Waals surface area contributed by atoms with E-state index in [9.17, 15) is 8.42 Å². The zero-order chi connectivity index (χ0) is 15.1. The average molecular weight is 309 g/mol. The molecule has 0 saturated carbocycles. The third-order valence-corrected chi connectivity index (χ3v) is 4.30. The van der Waals surface area contributed by atoms with Crippen LogP contribution in [-0.2, 0) is 16.6 Å². The quantitative estimate of drug-likeness (QED) is 0.712. The Morgan fingerprint density at radius 3 is 2.81 bits per heavy atom. The third-order valence-electron chi connectivity index (χ3n) is 2.85. The highest BCUT2D eigenvalue weighted by molar-refractivity contribution is 7.89. The summed E-state index contributed by atoms with van der Waals surface area (Å²) in [6.07, 6.45) is 7.30. The summed E-state index contributed by atoms with van der Waals surface area (Å²) in [4.78, 5) is 8.16. The molecule has 2 heterocycles. The van der Waals surface area contributed by atoms with Crippen LogP contribution in [0.5, 0.6) is 0 Å². The summed E-state index contributed by atoms with van der Waals surface area (Å²) in [5, 5.41) is 3.02. The molecule has 0 amide bonds. The summed E-state index contributed by atoms with van der Waals surface area (Å²) in [6.45, 7) is 3.79. The van der Waals surface area contributed by atoms with Gasteiger partial charge in [0.1, 0.15) is 10.7 Å². The van der Waals surface area contributed by atoms with E-state index in [2.05, 4.69) is 20.0 Å². The molecule has 0 atom stereocenters. The summed E-state index contributed by atoms with van der Waals surface area (Å²) < 4.78 is 28.6. The highest BCUT2D eigenvalue weighted by Gasteiger charge is 2.13. The maximum Gasteiger partial charge on any atom is 0.242 e. The van der Waals surface area contributed by atoms with E-state index < -0.39 is 10.0 Å². The average Bonchev–Trinajstić information content (AvgIpc) is 2.98. The summed E-state index contributed by atoms with van der Waals surface area (Å²) in [6, 6.07) is 3.20. The highest BCUT2D eigenvalue weighted by Crippen LogP contribution is 2.10. The number of sulfonamides is 1. The fraction of sp³-hybridized carbons (Fsp3) is 0.385. The van der Waals surface area contributed by atoms with Crippen molar-refractivity contribution in [2.24, 2.45) is 0 Å². The summed E-state index contributed by atoms with van der Waals surface area (Å²) in [7, 11) is -3.50. The molecule has 0 fully saturated rings. The molecule has 2 aromatic rings. The molecule has 0 spiro atoms. The van der Waals surface area contributed by atoms with E-state index in [0.717, 1.165) is 13.1 Å².